The third-order valence-electron chi connectivity index (χ3n) is 4.45. The standard InChI is InChI=1S/C22H17F3N4O4S.C2H6/c1-12(2)33-18-13(5-4-6-15(18)31-3)7-8-14-17(29-9-10-34-21(29)26-14)19(30)28-20-27-16(11-32-20)22(23,24)25;1-2/h4-11H,1H2,2-3H3,(H,27,28,30);1-2H3/b8-7+;. The molecule has 4 aromatic rings. The predicted octanol–water partition coefficient (Wildman–Crippen LogP) is 6.77. The molecule has 1 N–H and O–H groups in total. The van der Waals surface area contributed by atoms with Crippen LogP contribution in [0.15, 0.2) is 52.8 Å². The number of para-hydroxylation sites is 1. The largest absolute Gasteiger partial charge is 0.493 e. The number of imidazole rings is 1. The number of fused-ring (bicyclic) bond motifs is 1. The minimum atomic E-state index is -4.70. The van der Waals surface area contributed by atoms with E-state index < -0.39 is 23.8 Å². The normalized spacial score (nSPS) is 11.3. The fourth-order valence-electron chi connectivity index (χ4n) is 3.04. The van der Waals surface area contributed by atoms with Crippen molar-refractivity contribution in [3.05, 3.63) is 71.0 Å². The molecule has 0 aliphatic rings. The minimum absolute atomic E-state index is 0.0875. The van der Waals surface area contributed by atoms with Gasteiger partial charge >= 0.3 is 12.2 Å². The maximum Gasteiger partial charge on any atom is 0.436 e. The first-order chi connectivity index (χ1) is 17.2. The molecule has 0 bridgehead atoms. The molecular formula is C24H23F3N4O4S. The number of methoxy groups -OCH3 is 1. The number of nitrogens with zero attached hydrogens (tertiary/aromatic N) is 3. The van der Waals surface area contributed by atoms with Gasteiger partial charge in [0.25, 0.3) is 5.91 Å². The first-order valence-corrected chi connectivity index (χ1v) is 11.5. The number of hydrogen-bond donors (Lipinski definition) is 1. The average Bonchev–Trinajstić information content (AvgIpc) is 3.55. The number of anilines is 1. The monoisotopic (exact) mass is 520 g/mol. The third-order valence-corrected chi connectivity index (χ3v) is 5.20. The van der Waals surface area contributed by atoms with E-state index in [0.717, 1.165) is 0 Å². The molecule has 8 nitrogen and oxygen atoms in total. The average molecular weight is 521 g/mol. The number of carbonyl (C=O) groups is 1. The fraction of sp³-hybridized carbons (Fsp3) is 0.208. The smallest absolute Gasteiger partial charge is 0.436 e. The molecule has 0 aliphatic heterocycles. The molecule has 0 fully saturated rings. The van der Waals surface area contributed by atoms with Gasteiger partial charge in [0, 0.05) is 17.1 Å². The summed E-state index contributed by atoms with van der Waals surface area (Å²) in [5.74, 6) is 0.620. The van der Waals surface area contributed by atoms with E-state index in [1.54, 1.807) is 48.9 Å². The van der Waals surface area contributed by atoms with E-state index in [9.17, 15) is 18.0 Å². The molecule has 12 heteroatoms. The molecule has 0 spiro atoms. The van der Waals surface area contributed by atoms with Crippen LogP contribution in [0.2, 0.25) is 0 Å². The van der Waals surface area contributed by atoms with E-state index in [0.29, 0.717) is 34.0 Å². The number of rotatable bonds is 7. The number of hydrogen-bond acceptors (Lipinski definition) is 7. The third kappa shape index (κ3) is 5.77. The van der Waals surface area contributed by atoms with Crippen molar-refractivity contribution in [2.24, 2.45) is 0 Å². The van der Waals surface area contributed by atoms with E-state index in [4.69, 9.17) is 13.9 Å². The second-order valence-corrected chi connectivity index (χ2v) is 7.78. The van der Waals surface area contributed by atoms with Crippen molar-refractivity contribution in [2.45, 2.75) is 26.9 Å². The lowest BCUT2D eigenvalue weighted by molar-refractivity contribution is -0.141. The van der Waals surface area contributed by atoms with Gasteiger partial charge in [0.15, 0.2) is 22.2 Å². The van der Waals surface area contributed by atoms with Crippen LogP contribution in [0.25, 0.3) is 17.1 Å². The molecule has 3 aromatic heterocycles. The highest BCUT2D eigenvalue weighted by Crippen LogP contribution is 2.34. The van der Waals surface area contributed by atoms with Crippen molar-refractivity contribution in [1.29, 1.82) is 0 Å². The number of allylic oxidation sites excluding steroid dienone is 1. The number of alkyl halides is 3. The van der Waals surface area contributed by atoms with Gasteiger partial charge in [0.1, 0.15) is 12.0 Å². The Morgan fingerprint density at radius 2 is 2.00 bits per heavy atom. The lowest BCUT2D eigenvalue weighted by Gasteiger charge is -2.12. The second-order valence-electron chi connectivity index (χ2n) is 6.91. The number of amides is 1. The lowest BCUT2D eigenvalue weighted by atomic mass is 10.1. The molecule has 36 heavy (non-hydrogen) atoms. The topological polar surface area (TPSA) is 90.9 Å². The summed E-state index contributed by atoms with van der Waals surface area (Å²) in [5.41, 5.74) is -0.256. The van der Waals surface area contributed by atoms with Gasteiger partial charge in [-0.25, -0.2) is 4.98 Å². The lowest BCUT2D eigenvalue weighted by Crippen LogP contribution is -2.16. The van der Waals surface area contributed by atoms with Gasteiger partial charge < -0.3 is 13.9 Å². The van der Waals surface area contributed by atoms with Crippen LogP contribution in [0, 0.1) is 0 Å². The molecule has 0 aliphatic carbocycles. The number of thiazole rings is 1. The van der Waals surface area contributed by atoms with Crippen molar-refractivity contribution in [3.63, 3.8) is 0 Å². The van der Waals surface area contributed by atoms with Gasteiger partial charge in [-0.1, -0.05) is 32.6 Å². The molecular weight excluding hydrogens is 497 g/mol. The van der Waals surface area contributed by atoms with Crippen LogP contribution in [0.3, 0.4) is 0 Å². The van der Waals surface area contributed by atoms with Crippen molar-refractivity contribution in [1.82, 2.24) is 14.4 Å². The Morgan fingerprint density at radius 1 is 1.25 bits per heavy atom. The van der Waals surface area contributed by atoms with Crippen LogP contribution >= 0.6 is 11.3 Å². The van der Waals surface area contributed by atoms with E-state index in [2.05, 4.69) is 21.9 Å². The van der Waals surface area contributed by atoms with E-state index in [1.165, 1.54) is 22.8 Å². The zero-order valence-electron chi connectivity index (χ0n) is 19.8. The number of carbonyl (C=O) groups excluding carboxylic acids is 1. The number of halogens is 3. The molecule has 3 heterocycles. The van der Waals surface area contributed by atoms with Gasteiger partial charge in [-0.3, -0.25) is 14.5 Å². The molecule has 1 amide bonds. The highest BCUT2D eigenvalue weighted by atomic mass is 32.1. The van der Waals surface area contributed by atoms with Gasteiger partial charge in [0.2, 0.25) is 0 Å². The summed E-state index contributed by atoms with van der Waals surface area (Å²) in [7, 11) is 1.51. The summed E-state index contributed by atoms with van der Waals surface area (Å²) in [4.78, 5) is 21.2. The second kappa shape index (κ2) is 11.1. The Labute approximate surface area is 208 Å². The van der Waals surface area contributed by atoms with Crippen molar-refractivity contribution in [2.75, 3.05) is 12.4 Å². The molecule has 0 atom stereocenters. The highest BCUT2D eigenvalue weighted by Gasteiger charge is 2.35. The SMILES string of the molecule is C=C(C)Oc1c(/C=C/c2nc3sccn3c2C(=O)Nc2nc(C(F)(F)F)co2)cccc1OC.CC. The molecule has 0 saturated heterocycles. The van der Waals surface area contributed by atoms with Gasteiger partial charge in [-0.05, 0) is 25.1 Å². The summed E-state index contributed by atoms with van der Waals surface area (Å²) in [5, 5.41) is 3.97. The quantitative estimate of drug-likeness (QED) is 0.270. The highest BCUT2D eigenvalue weighted by molar-refractivity contribution is 7.15. The maximum absolute atomic E-state index is 13.0. The Balaban J connectivity index is 0.00000176. The van der Waals surface area contributed by atoms with Crippen LogP contribution in [0.5, 0.6) is 11.5 Å². The molecule has 0 saturated carbocycles. The Hall–Kier alpha value is -4.06. The number of benzene rings is 1. The molecule has 190 valence electrons. The van der Waals surface area contributed by atoms with Crippen molar-refractivity contribution >= 4 is 40.4 Å². The summed E-state index contributed by atoms with van der Waals surface area (Å²) in [6.07, 6.45) is 0.621. The summed E-state index contributed by atoms with van der Waals surface area (Å²) in [6.45, 7) is 9.44. The fourth-order valence-corrected chi connectivity index (χ4v) is 3.76. The first-order valence-electron chi connectivity index (χ1n) is 10.7. The first kappa shape index (κ1) is 26.5. The summed E-state index contributed by atoms with van der Waals surface area (Å²) >= 11 is 1.29. The van der Waals surface area contributed by atoms with Crippen LogP contribution in [0.4, 0.5) is 19.2 Å². The van der Waals surface area contributed by atoms with Crippen molar-refractivity contribution < 1.29 is 31.9 Å². The Kier molecular flexibility index (Phi) is 8.20. The number of ether oxygens (including phenoxy) is 2. The van der Waals surface area contributed by atoms with Crippen LogP contribution in [-0.4, -0.2) is 27.4 Å². The Bertz CT molecular complexity index is 1400. The van der Waals surface area contributed by atoms with E-state index in [1.807, 2.05) is 13.8 Å². The predicted molar refractivity (Wildman–Crippen MR) is 131 cm³/mol. The van der Waals surface area contributed by atoms with E-state index >= 15 is 0 Å². The number of nitrogens with one attached hydrogen (secondary N) is 1. The van der Waals surface area contributed by atoms with Gasteiger partial charge in [-0.15, -0.1) is 11.3 Å². The van der Waals surface area contributed by atoms with Gasteiger partial charge in [-0.2, -0.15) is 18.2 Å². The molecule has 1 aromatic carbocycles. The minimum Gasteiger partial charge on any atom is -0.493 e. The van der Waals surface area contributed by atoms with E-state index in [-0.39, 0.29) is 11.4 Å². The summed E-state index contributed by atoms with van der Waals surface area (Å²) in [6, 6.07) is 4.69. The Morgan fingerprint density at radius 3 is 2.64 bits per heavy atom. The van der Waals surface area contributed by atoms with Crippen LogP contribution < -0.4 is 14.8 Å². The zero-order valence-corrected chi connectivity index (χ0v) is 20.7. The number of oxazole rings is 1. The van der Waals surface area contributed by atoms with Crippen LogP contribution in [0.1, 0.15) is 48.2 Å². The molecule has 0 radical (unpaired) electrons. The number of aromatic nitrogens is 3. The molecule has 0 unspecified atom stereocenters. The van der Waals surface area contributed by atoms with Gasteiger partial charge in [0.05, 0.1) is 18.6 Å². The summed E-state index contributed by atoms with van der Waals surface area (Å²) < 4.78 is 55.7. The molecule has 4 rings (SSSR count). The van der Waals surface area contributed by atoms with Crippen LogP contribution in [-0.2, 0) is 6.18 Å². The zero-order chi connectivity index (χ0) is 26.5. The maximum atomic E-state index is 13.0. The van der Waals surface area contributed by atoms with Crippen molar-refractivity contribution in [3.8, 4) is 11.5 Å².